The molecule has 0 spiro atoms. The molecule has 0 aliphatic carbocycles. The van der Waals surface area contributed by atoms with Gasteiger partial charge in [-0.25, -0.2) is 0 Å². The molecule has 80 valence electrons. The molecule has 0 unspecified atom stereocenters. The molecule has 3 heteroatoms. The Morgan fingerprint density at radius 2 is 1.15 bits per heavy atom. The van der Waals surface area contributed by atoms with Gasteiger partial charge in [0, 0.05) is 14.2 Å². The first-order valence-corrected chi connectivity index (χ1v) is 7.29. The van der Waals surface area contributed by atoms with Crippen molar-refractivity contribution < 1.29 is 8.85 Å². The van der Waals surface area contributed by atoms with Gasteiger partial charge >= 0.3 is 8.56 Å². The fourth-order valence-electron chi connectivity index (χ4n) is 1.74. The predicted molar refractivity (Wildman–Crippen MR) is 59.1 cm³/mol. The van der Waals surface area contributed by atoms with Crippen LogP contribution in [0.4, 0.5) is 0 Å². The highest BCUT2D eigenvalue weighted by atomic mass is 28.4. The van der Waals surface area contributed by atoms with Gasteiger partial charge in [-0.15, -0.1) is 0 Å². The maximum atomic E-state index is 5.63. The zero-order chi connectivity index (χ0) is 10.5. The molecule has 0 heterocycles. The van der Waals surface area contributed by atoms with Gasteiger partial charge in [0.1, 0.15) is 0 Å². The Bertz CT molecular complexity index is 119. The summed E-state index contributed by atoms with van der Waals surface area (Å²) in [7, 11) is 1.71. The summed E-state index contributed by atoms with van der Waals surface area (Å²) < 4.78 is 11.3. The Kier molecular flexibility index (Phi) is 5.84. The summed E-state index contributed by atoms with van der Waals surface area (Å²) >= 11 is 0. The highest BCUT2D eigenvalue weighted by molar-refractivity contribution is 6.67. The first-order chi connectivity index (χ1) is 5.95. The van der Waals surface area contributed by atoms with Crippen molar-refractivity contribution in [2.24, 2.45) is 11.8 Å². The summed E-state index contributed by atoms with van der Waals surface area (Å²) in [5.41, 5.74) is 0. The van der Waals surface area contributed by atoms with Crippen molar-refractivity contribution in [3.63, 3.8) is 0 Å². The maximum Gasteiger partial charge on any atom is 0.338 e. The molecule has 0 fully saturated rings. The maximum absolute atomic E-state index is 5.63. The zero-order valence-electron chi connectivity index (χ0n) is 9.89. The molecule has 0 aromatic heterocycles. The smallest absolute Gasteiger partial charge is 0.338 e. The number of hydrogen-bond donors (Lipinski definition) is 0. The second kappa shape index (κ2) is 5.78. The van der Waals surface area contributed by atoms with E-state index < -0.39 is 8.56 Å². The van der Waals surface area contributed by atoms with E-state index in [1.807, 2.05) is 0 Å². The van der Waals surface area contributed by atoms with Crippen LogP contribution < -0.4 is 0 Å². The van der Waals surface area contributed by atoms with Crippen LogP contribution in [0.15, 0.2) is 0 Å². The van der Waals surface area contributed by atoms with E-state index in [9.17, 15) is 0 Å². The molecule has 0 aliphatic rings. The van der Waals surface area contributed by atoms with Crippen LogP contribution >= 0.6 is 0 Å². The summed E-state index contributed by atoms with van der Waals surface area (Å²) in [6, 6.07) is 2.19. The summed E-state index contributed by atoms with van der Waals surface area (Å²) in [5.74, 6) is 1.32. The van der Waals surface area contributed by atoms with Crippen LogP contribution in [-0.2, 0) is 8.85 Å². The van der Waals surface area contributed by atoms with E-state index in [0.717, 1.165) is 12.1 Å². The van der Waals surface area contributed by atoms with Crippen molar-refractivity contribution in [1.29, 1.82) is 0 Å². The zero-order valence-corrected chi connectivity index (χ0v) is 10.9. The van der Waals surface area contributed by atoms with Gasteiger partial charge < -0.3 is 8.85 Å². The van der Waals surface area contributed by atoms with Crippen molar-refractivity contribution in [1.82, 2.24) is 0 Å². The quantitative estimate of drug-likeness (QED) is 0.619. The van der Waals surface area contributed by atoms with Gasteiger partial charge in [0.2, 0.25) is 0 Å². The van der Waals surface area contributed by atoms with E-state index in [4.69, 9.17) is 8.85 Å². The highest BCUT2D eigenvalue weighted by Gasteiger charge is 2.36. The van der Waals surface area contributed by atoms with E-state index in [-0.39, 0.29) is 0 Å². The van der Waals surface area contributed by atoms with Gasteiger partial charge in [-0.05, 0) is 23.9 Å². The number of rotatable bonds is 6. The molecule has 0 N–H and O–H groups in total. The van der Waals surface area contributed by atoms with Crippen LogP contribution in [0.5, 0.6) is 0 Å². The van der Waals surface area contributed by atoms with Crippen molar-refractivity contribution in [2.75, 3.05) is 14.2 Å². The van der Waals surface area contributed by atoms with Crippen LogP contribution in [0.1, 0.15) is 27.7 Å². The molecule has 0 aromatic rings. The first-order valence-electron chi connectivity index (χ1n) is 5.06. The Hall–Kier alpha value is 0.137. The normalized spacial score (nSPS) is 12.9. The first kappa shape index (κ1) is 13.1. The van der Waals surface area contributed by atoms with Crippen molar-refractivity contribution in [2.45, 2.75) is 39.8 Å². The highest BCUT2D eigenvalue weighted by Crippen LogP contribution is 2.26. The monoisotopic (exact) mass is 204 g/mol. The third-order valence-electron chi connectivity index (χ3n) is 2.18. The molecule has 0 bridgehead atoms. The van der Waals surface area contributed by atoms with E-state index in [1.165, 1.54) is 0 Å². The molecule has 2 nitrogen and oxygen atoms in total. The lowest BCUT2D eigenvalue weighted by molar-refractivity contribution is 0.230. The molecular weight excluding hydrogens is 180 g/mol. The van der Waals surface area contributed by atoms with Crippen LogP contribution in [0, 0.1) is 11.8 Å². The van der Waals surface area contributed by atoms with Gasteiger partial charge in [0.05, 0.1) is 0 Å². The molecular formula is C10H24O2Si. The Morgan fingerprint density at radius 3 is 1.31 bits per heavy atom. The van der Waals surface area contributed by atoms with E-state index in [2.05, 4.69) is 27.7 Å². The third-order valence-corrected chi connectivity index (χ3v) is 6.55. The molecule has 0 saturated heterocycles. The minimum absolute atomic E-state index is 0.658. The molecule has 0 aromatic carbocycles. The molecule has 0 rings (SSSR count). The average molecular weight is 204 g/mol. The average Bonchev–Trinajstić information content (AvgIpc) is 2.01. The van der Waals surface area contributed by atoms with Gasteiger partial charge in [-0.1, -0.05) is 27.7 Å². The lowest BCUT2D eigenvalue weighted by atomic mass is 10.3. The van der Waals surface area contributed by atoms with Gasteiger partial charge in [-0.3, -0.25) is 0 Å². The summed E-state index contributed by atoms with van der Waals surface area (Å²) in [5, 5.41) is 0. The molecule has 0 amide bonds. The largest absolute Gasteiger partial charge is 0.398 e. The lowest BCUT2D eigenvalue weighted by Crippen LogP contribution is -2.42. The minimum Gasteiger partial charge on any atom is -0.398 e. The van der Waals surface area contributed by atoms with Crippen molar-refractivity contribution >= 4 is 8.56 Å². The molecule has 0 aliphatic heterocycles. The van der Waals surface area contributed by atoms with E-state index in [1.54, 1.807) is 14.2 Å². The molecule has 0 atom stereocenters. The fourth-order valence-corrected chi connectivity index (χ4v) is 5.23. The van der Waals surface area contributed by atoms with E-state index in [0.29, 0.717) is 11.8 Å². The summed E-state index contributed by atoms with van der Waals surface area (Å²) in [4.78, 5) is 0. The lowest BCUT2D eigenvalue weighted by Gasteiger charge is -2.30. The second-order valence-electron chi connectivity index (χ2n) is 4.51. The van der Waals surface area contributed by atoms with Crippen LogP contribution in [0.25, 0.3) is 0 Å². The van der Waals surface area contributed by atoms with Crippen LogP contribution in [0.2, 0.25) is 12.1 Å². The molecule has 13 heavy (non-hydrogen) atoms. The minimum atomic E-state index is -1.87. The third kappa shape index (κ3) is 4.79. The SMILES string of the molecule is CO[Si](CC(C)C)(CC(C)C)OC. The Balaban J connectivity index is 4.30. The van der Waals surface area contributed by atoms with Gasteiger partial charge in [-0.2, -0.15) is 0 Å². The fraction of sp³-hybridized carbons (Fsp3) is 1.00. The topological polar surface area (TPSA) is 18.5 Å². The number of hydrogen-bond acceptors (Lipinski definition) is 2. The predicted octanol–water partition coefficient (Wildman–Crippen LogP) is 3.03. The van der Waals surface area contributed by atoms with Crippen LogP contribution in [-0.4, -0.2) is 22.8 Å². The van der Waals surface area contributed by atoms with E-state index >= 15 is 0 Å². The van der Waals surface area contributed by atoms with Crippen molar-refractivity contribution in [3.05, 3.63) is 0 Å². The Labute approximate surface area is 83.9 Å². The molecule has 0 radical (unpaired) electrons. The second-order valence-corrected chi connectivity index (χ2v) is 7.97. The standard InChI is InChI=1S/C10H24O2Si/c1-9(2)7-13(11-5,12-6)8-10(3)4/h9-10H,7-8H2,1-6H3. The van der Waals surface area contributed by atoms with Crippen molar-refractivity contribution in [3.8, 4) is 0 Å². The summed E-state index contributed by atoms with van der Waals surface area (Å²) in [6.07, 6.45) is 0. The van der Waals surface area contributed by atoms with Gasteiger partial charge in [0.15, 0.2) is 0 Å². The Morgan fingerprint density at radius 1 is 0.846 bits per heavy atom. The van der Waals surface area contributed by atoms with Gasteiger partial charge in [0.25, 0.3) is 0 Å². The molecule has 0 saturated carbocycles. The van der Waals surface area contributed by atoms with Crippen LogP contribution in [0.3, 0.4) is 0 Å². The summed E-state index contributed by atoms with van der Waals surface area (Å²) in [6.45, 7) is 8.89.